The van der Waals surface area contributed by atoms with E-state index < -0.39 is 0 Å². The lowest BCUT2D eigenvalue weighted by Crippen LogP contribution is -2.27. The van der Waals surface area contributed by atoms with Crippen molar-refractivity contribution in [2.24, 2.45) is 0 Å². The molecule has 0 saturated heterocycles. The molecule has 24 heavy (non-hydrogen) atoms. The predicted molar refractivity (Wildman–Crippen MR) is 92.8 cm³/mol. The molecule has 2 aromatic heterocycles. The molecule has 0 aliphatic rings. The summed E-state index contributed by atoms with van der Waals surface area (Å²) in [6.07, 6.45) is 1.48. The molecule has 0 aliphatic carbocycles. The number of methoxy groups -OCH3 is 1. The summed E-state index contributed by atoms with van der Waals surface area (Å²) < 4.78 is 6.65. The first-order valence-corrected chi connectivity index (χ1v) is 7.87. The molecule has 7 heteroatoms. The first-order chi connectivity index (χ1) is 11.6. The van der Waals surface area contributed by atoms with E-state index in [1.54, 1.807) is 11.8 Å². The Hall–Kier alpha value is -2.44. The third kappa shape index (κ3) is 2.98. The van der Waals surface area contributed by atoms with Gasteiger partial charge < -0.3 is 10.1 Å². The predicted octanol–water partition coefficient (Wildman–Crippen LogP) is 2.76. The third-order valence-electron chi connectivity index (χ3n) is 3.65. The number of rotatable bonds is 5. The van der Waals surface area contributed by atoms with E-state index in [2.05, 4.69) is 15.4 Å². The molecule has 0 atom stereocenters. The van der Waals surface area contributed by atoms with Gasteiger partial charge in [0.15, 0.2) is 5.65 Å². The number of aromatic nitrogens is 3. The van der Waals surface area contributed by atoms with Gasteiger partial charge in [0.05, 0.1) is 34.0 Å². The van der Waals surface area contributed by atoms with Crippen molar-refractivity contribution in [3.8, 4) is 5.69 Å². The largest absolute Gasteiger partial charge is 0.383 e. The Morgan fingerprint density at radius 2 is 2.08 bits per heavy atom. The molecule has 3 aromatic rings. The number of carbonyl (C=O) groups is 1. The van der Waals surface area contributed by atoms with Crippen LogP contribution in [0.15, 0.2) is 36.5 Å². The van der Waals surface area contributed by atoms with Gasteiger partial charge in [-0.2, -0.15) is 5.10 Å². The maximum absolute atomic E-state index is 12.3. The Balaban J connectivity index is 2.04. The zero-order valence-electron chi connectivity index (χ0n) is 13.4. The van der Waals surface area contributed by atoms with Crippen molar-refractivity contribution < 1.29 is 9.53 Å². The van der Waals surface area contributed by atoms with Gasteiger partial charge in [0.25, 0.3) is 5.91 Å². The van der Waals surface area contributed by atoms with Gasteiger partial charge in [0, 0.05) is 19.9 Å². The van der Waals surface area contributed by atoms with Crippen LogP contribution in [-0.4, -0.2) is 40.9 Å². The van der Waals surface area contributed by atoms with Crippen LogP contribution < -0.4 is 5.32 Å². The Morgan fingerprint density at radius 3 is 2.79 bits per heavy atom. The van der Waals surface area contributed by atoms with E-state index in [1.807, 2.05) is 37.3 Å². The summed E-state index contributed by atoms with van der Waals surface area (Å²) in [6.45, 7) is 2.69. The van der Waals surface area contributed by atoms with Crippen molar-refractivity contribution in [1.29, 1.82) is 0 Å². The number of hydrogen-bond acceptors (Lipinski definition) is 4. The van der Waals surface area contributed by atoms with Crippen LogP contribution in [0, 0.1) is 6.92 Å². The highest BCUT2D eigenvalue weighted by Crippen LogP contribution is 2.29. The summed E-state index contributed by atoms with van der Waals surface area (Å²) >= 11 is 6.47. The molecule has 0 radical (unpaired) electrons. The number of amides is 1. The molecule has 3 rings (SSSR count). The number of fused-ring (bicyclic) bond motifs is 1. The molecule has 0 bridgehead atoms. The zero-order valence-corrected chi connectivity index (χ0v) is 14.2. The number of halogens is 1. The first kappa shape index (κ1) is 16.4. The quantitative estimate of drug-likeness (QED) is 0.723. The van der Waals surface area contributed by atoms with E-state index in [9.17, 15) is 4.79 Å². The summed E-state index contributed by atoms with van der Waals surface area (Å²) in [7, 11) is 1.58. The molecule has 124 valence electrons. The lowest BCUT2D eigenvalue weighted by Gasteiger charge is -2.07. The van der Waals surface area contributed by atoms with Crippen molar-refractivity contribution in [2.75, 3.05) is 20.3 Å². The summed E-state index contributed by atoms with van der Waals surface area (Å²) in [5.74, 6) is -0.279. The number of carbonyl (C=O) groups excluding carboxylic acids is 1. The van der Waals surface area contributed by atoms with Gasteiger partial charge in [-0.3, -0.25) is 4.79 Å². The van der Waals surface area contributed by atoms with Gasteiger partial charge >= 0.3 is 0 Å². The number of aryl methyl sites for hydroxylation is 1. The number of hydrogen-bond donors (Lipinski definition) is 1. The standard InChI is InChI=1S/C17H17ClN4O2/c1-11-14-15(18)13(17(23)19-8-9-24-2)10-20-16(14)22(21-11)12-6-4-3-5-7-12/h3-7,10H,8-9H2,1-2H3,(H,19,23). The van der Waals surface area contributed by atoms with Gasteiger partial charge in [-0.25, -0.2) is 9.67 Å². The van der Waals surface area contributed by atoms with Crippen LogP contribution in [0.1, 0.15) is 16.1 Å². The number of nitrogens with one attached hydrogen (secondary N) is 1. The summed E-state index contributed by atoms with van der Waals surface area (Å²) in [5.41, 5.74) is 2.56. The van der Waals surface area contributed by atoms with Gasteiger partial charge in [0.2, 0.25) is 0 Å². The number of para-hydroxylation sites is 1. The molecule has 0 fully saturated rings. The molecular formula is C17H17ClN4O2. The van der Waals surface area contributed by atoms with Crippen molar-refractivity contribution >= 4 is 28.5 Å². The monoisotopic (exact) mass is 344 g/mol. The average Bonchev–Trinajstić information content (AvgIpc) is 2.94. The number of nitrogens with zero attached hydrogens (tertiary/aromatic N) is 3. The molecule has 0 spiro atoms. The van der Waals surface area contributed by atoms with Gasteiger partial charge in [-0.15, -0.1) is 0 Å². The maximum atomic E-state index is 12.3. The molecule has 0 saturated carbocycles. The van der Waals surface area contributed by atoms with Crippen molar-refractivity contribution in [1.82, 2.24) is 20.1 Å². The van der Waals surface area contributed by atoms with Gasteiger partial charge in [0.1, 0.15) is 0 Å². The number of pyridine rings is 1. The summed E-state index contributed by atoms with van der Waals surface area (Å²) in [4.78, 5) is 16.7. The first-order valence-electron chi connectivity index (χ1n) is 7.50. The van der Waals surface area contributed by atoms with Crippen LogP contribution in [0.5, 0.6) is 0 Å². The molecule has 1 N–H and O–H groups in total. The van der Waals surface area contributed by atoms with Crippen LogP contribution in [0.3, 0.4) is 0 Å². The van der Waals surface area contributed by atoms with E-state index in [4.69, 9.17) is 16.3 Å². The zero-order chi connectivity index (χ0) is 17.1. The highest BCUT2D eigenvalue weighted by atomic mass is 35.5. The van der Waals surface area contributed by atoms with E-state index in [-0.39, 0.29) is 5.91 Å². The van der Waals surface area contributed by atoms with Gasteiger partial charge in [-0.1, -0.05) is 29.8 Å². The molecular weight excluding hydrogens is 328 g/mol. The average molecular weight is 345 g/mol. The molecule has 1 amide bonds. The number of benzene rings is 1. The molecule has 0 unspecified atom stereocenters. The smallest absolute Gasteiger partial charge is 0.254 e. The second-order valence-electron chi connectivity index (χ2n) is 5.27. The SMILES string of the molecule is COCCNC(=O)c1cnc2c(c(C)nn2-c2ccccc2)c1Cl. The third-order valence-corrected chi connectivity index (χ3v) is 4.04. The lowest BCUT2D eigenvalue weighted by atomic mass is 10.2. The molecule has 2 heterocycles. The summed E-state index contributed by atoms with van der Waals surface area (Å²) in [6, 6.07) is 9.67. The Morgan fingerprint density at radius 1 is 1.33 bits per heavy atom. The minimum Gasteiger partial charge on any atom is -0.383 e. The Bertz CT molecular complexity index is 877. The second kappa shape index (κ2) is 6.98. The van der Waals surface area contributed by atoms with Crippen LogP contribution in [0.25, 0.3) is 16.7 Å². The second-order valence-corrected chi connectivity index (χ2v) is 5.64. The topological polar surface area (TPSA) is 69.0 Å². The molecule has 1 aromatic carbocycles. The highest BCUT2D eigenvalue weighted by Gasteiger charge is 2.19. The molecule has 0 aliphatic heterocycles. The van der Waals surface area contributed by atoms with Crippen LogP contribution in [0.2, 0.25) is 5.02 Å². The minimum atomic E-state index is -0.279. The Kier molecular flexibility index (Phi) is 4.78. The fourth-order valence-electron chi connectivity index (χ4n) is 2.48. The Labute approximate surface area is 144 Å². The molecule has 6 nitrogen and oxygen atoms in total. The lowest BCUT2D eigenvalue weighted by molar-refractivity contribution is 0.0937. The van der Waals surface area contributed by atoms with Crippen LogP contribution >= 0.6 is 11.6 Å². The van der Waals surface area contributed by atoms with E-state index in [0.29, 0.717) is 34.8 Å². The van der Waals surface area contributed by atoms with Gasteiger partial charge in [-0.05, 0) is 19.1 Å². The van der Waals surface area contributed by atoms with E-state index >= 15 is 0 Å². The fourth-order valence-corrected chi connectivity index (χ4v) is 2.83. The minimum absolute atomic E-state index is 0.279. The number of ether oxygens (including phenoxy) is 1. The summed E-state index contributed by atoms with van der Waals surface area (Å²) in [5, 5.41) is 8.30. The van der Waals surface area contributed by atoms with Crippen molar-refractivity contribution in [3.63, 3.8) is 0 Å². The maximum Gasteiger partial charge on any atom is 0.254 e. The normalized spacial score (nSPS) is 11.0. The highest BCUT2D eigenvalue weighted by molar-refractivity contribution is 6.38. The van der Waals surface area contributed by atoms with Crippen LogP contribution in [-0.2, 0) is 4.74 Å². The van der Waals surface area contributed by atoms with E-state index in [0.717, 1.165) is 11.4 Å². The van der Waals surface area contributed by atoms with Crippen molar-refractivity contribution in [2.45, 2.75) is 6.92 Å². The fraction of sp³-hybridized carbons (Fsp3) is 0.235. The van der Waals surface area contributed by atoms with Crippen LogP contribution in [0.4, 0.5) is 0 Å². The van der Waals surface area contributed by atoms with E-state index in [1.165, 1.54) is 6.20 Å². The van der Waals surface area contributed by atoms with Crippen molar-refractivity contribution in [3.05, 3.63) is 52.8 Å².